The molecule has 3 aliphatic rings. The van der Waals surface area contributed by atoms with Crippen LogP contribution in [0.4, 0.5) is 4.79 Å². The molecule has 2 aromatic rings. The SMILES string of the molecule is O=C1OC[C@H](Cc2ccccc2)N1CCC1CCN(C[C@H]2COc3ccccc3O2)CC1.S.S. The molecule has 1 amide bonds. The van der Waals surface area contributed by atoms with E-state index in [0.29, 0.717) is 19.1 Å². The lowest BCUT2D eigenvalue weighted by Gasteiger charge is -2.36. The maximum atomic E-state index is 12.3. The van der Waals surface area contributed by atoms with Crippen LogP contribution in [0.25, 0.3) is 0 Å². The fourth-order valence-electron chi connectivity index (χ4n) is 5.04. The number of piperidine rings is 1. The van der Waals surface area contributed by atoms with E-state index in [1.165, 1.54) is 5.56 Å². The summed E-state index contributed by atoms with van der Waals surface area (Å²) in [5.41, 5.74) is 1.26. The third-order valence-electron chi connectivity index (χ3n) is 6.90. The molecule has 0 saturated carbocycles. The van der Waals surface area contributed by atoms with Crippen molar-refractivity contribution in [2.45, 2.75) is 37.8 Å². The summed E-state index contributed by atoms with van der Waals surface area (Å²) in [4.78, 5) is 16.7. The van der Waals surface area contributed by atoms with E-state index in [4.69, 9.17) is 14.2 Å². The molecule has 6 nitrogen and oxygen atoms in total. The Bertz CT molecular complexity index is 909. The third-order valence-corrected chi connectivity index (χ3v) is 6.90. The number of benzene rings is 2. The molecule has 8 heteroatoms. The van der Waals surface area contributed by atoms with Crippen LogP contribution in [0.2, 0.25) is 0 Å². The zero-order valence-corrected chi connectivity index (χ0v) is 21.5. The second-order valence-electron chi connectivity index (χ2n) is 9.14. The first-order valence-electron chi connectivity index (χ1n) is 11.8. The van der Waals surface area contributed by atoms with Crippen molar-refractivity contribution < 1.29 is 19.0 Å². The predicted octanol–water partition coefficient (Wildman–Crippen LogP) is 4.22. The van der Waals surface area contributed by atoms with E-state index in [0.717, 1.165) is 63.4 Å². The highest BCUT2D eigenvalue weighted by atomic mass is 32.1. The van der Waals surface area contributed by atoms with Crippen molar-refractivity contribution in [2.75, 3.05) is 39.4 Å². The van der Waals surface area contributed by atoms with E-state index < -0.39 is 0 Å². The highest BCUT2D eigenvalue weighted by Crippen LogP contribution is 2.31. The largest absolute Gasteiger partial charge is 0.486 e. The summed E-state index contributed by atoms with van der Waals surface area (Å²) in [7, 11) is 0. The summed E-state index contributed by atoms with van der Waals surface area (Å²) in [6, 6.07) is 18.4. The van der Waals surface area contributed by atoms with Crippen molar-refractivity contribution >= 4 is 33.1 Å². The van der Waals surface area contributed by atoms with E-state index in [9.17, 15) is 4.79 Å². The number of amides is 1. The Morgan fingerprint density at radius 1 is 0.853 bits per heavy atom. The van der Waals surface area contributed by atoms with Crippen LogP contribution in [0.1, 0.15) is 24.8 Å². The average Bonchev–Trinajstić information content (AvgIpc) is 3.18. The fourth-order valence-corrected chi connectivity index (χ4v) is 5.04. The minimum absolute atomic E-state index is 0. The van der Waals surface area contributed by atoms with Crippen LogP contribution in [0, 0.1) is 5.92 Å². The number of likely N-dealkylation sites (tertiary alicyclic amines) is 1. The van der Waals surface area contributed by atoms with Crippen LogP contribution in [0.3, 0.4) is 0 Å². The van der Waals surface area contributed by atoms with Gasteiger partial charge < -0.3 is 19.1 Å². The molecular weight excluding hydrogens is 468 g/mol. The number of hydrogen-bond donors (Lipinski definition) is 0. The lowest BCUT2D eigenvalue weighted by atomic mass is 9.93. The molecule has 34 heavy (non-hydrogen) atoms. The number of rotatable bonds is 7. The van der Waals surface area contributed by atoms with Gasteiger partial charge >= 0.3 is 6.09 Å². The summed E-state index contributed by atoms with van der Waals surface area (Å²) in [6.07, 6.45) is 4.16. The number of fused-ring (bicyclic) bond motifs is 1. The Labute approximate surface area is 216 Å². The molecule has 3 heterocycles. The van der Waals surface area contributed by atoms with Crippen molar-refractivity contribution in [1.29, 1.82) is 0 Å². The minimum Gasteiger partial charge on any atom is -0.486 e. The maximum absolute atomic E-state index is 12.3. The number of cyclic esters (lactones) is 1. The van der Waals surface area contributed by atoms with E-state index in [1.54, 1.807) is 0 Å². The standard InChI is InChI=1S/C26H32N2O4.2H2S/c29-26-28(22(18-31-26)16-21-6-2-1-3-7-21)15-12-20-10-13-27(14-11-20)17-23-19-30-24-8-4-5-9-25(24)32-23;;/h1-9,20,22-23H,10-19H2;2*1H2/t22-,23-;;/m0../s1. The molecule has 2 atom stereocenters. The van der Waals surface area contributed by atoms with Gasteiger partial charge in [0.15, 0.2) is 11.5 Å². The summed E-state index contributed by atoms with van der Waals surface area (Å²) < 4.78 is 17.4. The minimum atomic E-state index is -0.155. The van der Waals surface area contributed by atoms with Gasteiger partial charge in [-0.2, -0.15) is 27.0 Å². The van der Waals surface area contributed by atoms with Crippen LogP contribution in [-0.2, 0) is 11.2 Å². The highest BCUT2D eigenvalue weighted by molar-refractivity contribution is 7.59. The van der Waals surface area contributed by atoms with Gasteiger partial charge in [0.2, 0.25) is 0 Å². The molecular formula is C26H36N2O4S2. The number of ether oxygens (including phenoxy) is 3. The summed E-state index contributed by atoms with van der Waals surface area (Å²) in [6.45, 7) is 4.94. The van der Waals surface area contributed by atoms with Gasteiger partial charge in [0.05, 0.1) is 6.04 Å². The first kappa shape index (κ1) is 26.6. The van der Waals surface area contributed by atoms with Gasteiger partial charge in [-0.25, -0.2) is 4.79 Å². The summed E-state index contributed by atoms with van der Waals surface area (Å²) in [5, 5.41) is 0. The van der Waals surface area contributed by atoms with Crippen molar-refractivity contribution in [3.8, 4) is 11.5 Å². The van der Waals surface area contributed by atoms with Gasteiger partial charge in [-0.3, -0.25) is 4.90 Å². The fraction of sp³-hybridized carbons (Fsp3) is 0.500. The molecule has 2 saturated heterocycles. The normalized spacial score (nSPS) is 22.5. The first-order chi connectivity index (χ1) is 15.7. The third kappa shape index (κ3) is 6.55. The second-order valence-corrected chi connectivity index (χ2v) is 9.14. The quantitative estimate of drug-likeness (QED) is 0.565. The van der Waals surface area contributed by atoms with Crippen molar-refractivity contribution in [1.82, 2.24) is 9.80 Å². The van der Waals surface area contributed by atoms with Crippen LogP contribution in [-0.4, -0.2) is 67.4 Å². The van der Waals surface area contributed by atoms with Crippen molar-refractivity contribution in [3.63, 3.8) is 0 Å². The molecule has 0 unspecified atom stereocenters. The van der Waals surface area contributed by atoms with Crippen LogP contribution >= 0.6 is 27.0 Å². The lowest BCUT2D eigenvalue weighted by molar-refractivity contribution is 0.0466. The molecule has 0 aliphatic carbocycles. The van der Waals surface area contributed by atoms with E-state index in [-0.39, 0.29) is 45.2 Å². The van der Waals surface area contributed by atoms with Crippen molar-refractivity contribution in [3.05, 3.63) is 60.2 Å². The summed E-state index contributed by atoms with van der Waals surface area (Å²) in [5.74, 6) is 2.34. The number of carbonyl (C=O) groups excluding carboxylic acids is 1. The maximum Gasteiger partial charge on any atom is 0.410 e. The Hall–Kier alpha value is -2.03. The predicted molar refractivity (Wildman–Crippen MR) is 143 cm³/mol. The molecule has 0 N–H and O–H groups in total. The molecule has 0 radical (unpaired) electrons. The molecule has 5 rings (SSSR count). The molecule has 2 aromatic carbocycles. The monoisotopic (exact) mass is 504 g/mol. The average molecular weight is 505 g/mol. The number of hydrogen-bond acceptors (Lipinski definition) is 5. The van der Waals surface area contributed by atoms with Gasteiger partial charge in [-0.15, -0.1) is 0 Å². The van der Waals surface area contributed by atoms with Gasteiger partial charge in [0, 0.05) is 13.1 Å². The van der Waals surface area contributed by atoms with Crippen molar-refractivity contribution in [2.24, 2.45) is 5.92 Å². The number of nitrogens with zero attached hydrogens (tertiary/aromatic N) is 2. The Balaban J connectivity index is 0.00000162. The number of para-hydroxylation sites is 2. The van der Waals surface area contributed by atoms with Crippen LogP contribution < -0.4 is 9.47 Å². The second kappa shape index (κ2) is 12.6. The Morgan fingerprint density at radius 2 is 1.56 bits per heavy atom. The topological polar surface area (TPSA) is 51.2 Å². The molecule has 0 aromatic heterocycles. The van der Waals surface area contributed by atoms with Gasteiger partial charge in [0.1, 0.15) is 19.3 Å². The Kier molecular flexibility index (Phi) is 9.85. The molecule has 186 valence electrons. The summed E-state index contributed by atoms with van der Waals surface area (Å²) >= 11 is 0. The van der Waals surface area contributed by atoms with Crippen LogP contribution in [0.5, 0.6) is 11.5 Å². The smallest absolute Gasteiger partial charge is 0.410 e. The molecule has 0 spiro atoms. The first-order valence-corrected chi connectivity index (χ1v) is 11.8. The lowest BCUT2D eigenvalue weighted by Crippen LogP contribution is -2.44. The van der Waals surface area contributed by atoms with Gasteiger partial charge in [-0.05, 0) is 62.4 Å². The number of carbonyl (C=O) groups is 1. The Morgan fingerprint density at radius 3 is 2.32 bits per heavy atom. The van der Waals surface area contributed by atoms with Gasteiger partial charge in [0.25, 0.3) is 0 Å². The van der Waals surface area contributed by atoms with Crippen LogP contribution in [0.15, 0.2) is 54.6 Å². The zero-order valence-electron chi connectivity index (χ0n) is 19.5. The van der Waals surface area contributed by atoms with E-state index in [1.807, 2.05) is 47.4 Å². The van der Waals surface area contributed by atoms with E-state index in [2.05, 4.69) is 17.0 Å². The molecule has 2 fully saturated rings. The zero-order chi connectivity index (χ0) is 21.8. The van der Waals surface area contributed by atoms with Gasteiger partial charge in [-0.1, -0.05) is 42.5 Å². The molecule has 3 aliphatic heterocycles. The van der Waals surface area contributed by atoms with E-state index >= 15 is 0 Å². The molecule has 0 bridgehead atoms. The highest BCUT2D eigenvalue weighted by Gasteiger charge is 2.33.